The van der Waals surface area contributed by atoms with Gasteiger partial charge < -0.3 is 10.2 Å². The van der Waals surface area contributed by atoms with Gasteiger partial charge in [-0.1, -0.05) is 37.3 Å². The molecule has 1 aromatic heterocycles. The molecule has 43 heavy (non-hydrogen) atoms. The van der Waals surface area contributed by atoms with Crippen LogP contribution in [0.2, 0.25) is 0 Å². The van der Waals surface area contributed by atoms with Gasteiger partial charge in [-0.15, -0.1) is 11.3 Å². The number of likely N-dealkylation sites (tertiary alicyclic amines) is 1. The summed E-state index contributed by atoms with van der Waals surface area (Å²) in [5.41, 5.74) is 3.30. The first-order valence-electron chi connectivity index (χ1n) is 15.4. The molecule has 8 nitrogen and oxygen atoms in total. The van der Waals surface area contributed by atoms with Crippen LogP contribution >= 0.6 is 11.3 Å². The highest BCUT2D eigenvalue weighted by Crippen LogP contribution is 2.39. The van der Waals surface area contributed by atoms with Crippen LogP contribution in [0.15, 0.2) is 59.5 Å². The third-order valence-corrected chi connectivity index (χ3v) is 11.9. The van der Waals surface area contributed by atoms with E-state index in [0.29, 0.717) is 35.1 Å². The average molecular weight is 621 g/mol. The highest BCUT2D eigenvalue weighted by atomic mass is 32.2. The van der Waals surface area contributed by atoms with E-state index in [9.17, 15) is 18.0 Å². The molecular formula is C33H40N4O4S2. The molecule has 10 heteroatoms. The third-order valence-electron chi connectivity index (χ3n) is 8.84. The molecule has 4 heterocycles. The van der Waals surface area contributed by atoms with Crippen LogP contribution < -0.4 is 5.32 Å². The van der Waals surface area contributed by atoms with Crippen molar-refractivity contribution in [1.82, 2.24) is 14.1 Å². The minimum Gasteiger partial charge on any atom is -0.339 e. The van der Waals surface area contributed by atoms with Crippen LogP contribution in [0.25, 0.3) is 0 Å². The Hall–Kier alpha value is -3.05. The zero-order valence-corrected chi connectivity index (χ0v) is 26.4. The van der Waals surface area contributed by atoms with Crippen LogP contribution in [-0.4, -0.2) is 67.1 Å². The van der Waals surface area contributed by atoms with Crippen LogP contribution in [0.4, 0.5) is 5.00 Å². The highest BCUT2D eigenvalue weighted by Gasteiger charge is 2.32. The van der Waals surface area contributed by atoms with Crippen LogP contribution in [0.3, 0.4) is 0 Å². The van der Waals surface area contributed by atoms with Crippen molar-refractivity contribution in [2.75, 3.05) is 38.0 Å². The zero-order valence-electron chi connectivity index (χ0n) is 24.8. The van der Waals surface area contributed by atoms with E-state index in [4.69, 9.17) is 0 Å². The molecule has 2 amide bonds. The molecule has 0 bridgehead atoms. The first-order valence-corrected chi connectivity index (χ1v) is 17.7. The summed E-state index contributed by atoms with van der Waals surface area (Å²) in [6.07, 6.45) is 5.77. The van der Waals surface area contributed by atoms with Crippen molar-refractivity contribution in [3.05, 3.63) is 81.7 Å². The molecule has 2 saturated heterocycles. The van der Waals surface area contributed by atoms with Gasteiger partial charge in [0.15, 0.2) is 0 Å². The highest BCUT2D eigenvalue weighted by molar-refractivity contribution is 7.89. The molecule has 6 rings (SSSR count). The van der Waals surface area contributed by atoms with Gasteiger partial charge in [0.1, 0.15) is 5.00 Å². The monoisotopic (exact) mass is 620 g/mol. The topological polar surface area (TPSA) is 90.0 Å². The lowest BCUT2D eigenvalue weighted by atomic mass is 10.00. The molecule has 3 aliphatic rings. The summed E-state index contributed by atoms with van der Waals surface area (Å²) in [5.74, 6) is -0.0124. The molecule has 228 valence electrons. The minimum atomic E-state index is -3.61. The Balaban J connectivity index is 1.23. The van der Waals surface area contributed by atoms with Gasteiger partial charge in [0, 0.05) is 56.3 Å². The molecule has 0 spiro atoms. The normalized spacial score (nSPS) is 20.0. The molecule has 1 N–H and O–H groups in total. The predicted octanol–water partition coefficient (Wildman–Crippen LogP) is 5.61. The summed E-state index contributed by atoms with van der Waals surface area (Å²) in [5, 5.41) is 3.64. The number of hydrogen-bond donors (Lipinski definition) is 1. The van der Waals surface area contributed by atoms with E-state index in [2.05, 4.69) is 41.4 Å². The molecule has 2 aromatic carbocycles. The summed E-state index contributed by atoms with van der Waals surface area (Å²) < 4.78 is 28.0. The number of anilines is 1. The predicted molar refractivity (Wildman–Crippen MR) is 170 cm³/mol. The van der Waals surface area contributed by atoms with Gasteiger partial charge in [-0.3, -0.25) is 14.5 Å². The van der Waals surface area contributed by atoms with Crippen LogP contribution in [0.5, 0.6) is 0 Å². The van der Waals surface area contributed by atoms with Crippen LogP contribution in [-0.2, 0) is 29.5 Å². The largest absolute Gasteiger partial charge is 0.339 e. The van der Waals surface area contributed by atoms with Crippen molar-refractivity contribution >= 4 is 38.2 Å². The third kappa shape index (κ3) is 6.57. The van der Waals surface area contributed by atoms with E-state index in [1.807, 2.05) is 11.0 Å². The van der Waals surface area contributed by atoms with E-state index >= 15 is 0 Å². The van der Waals surface area contributed by atoms with Crippen LogP contribution in [0.1, 0.15) is 75.7 Å². The molecule has 1 atom stereocenters. The Bertz CT molecular complexity index is 1560. The van der Waals surface area contributed by atoms with Gasteiger partial charge in [0.05, 0.1) is 10.5 Å². The van der Waals surface area contributed by atoms with Crippen LogP contribution in [0, 0.1) is 5.92 Å². The average Bonchev–Trinajstić information content (AvgIpc) is 3.38. The fraction of sp³-hybridized carbons (Fsp3) is 0.455. The number of thiophene rings is 1. The number of fused-ring (bicyclic) bond motifs is 1. The SMILES string of the molecule is CC1CCCN(S(=O)(=O)c2ccc(C(=O)Nc3sc4c(c3C(=O)N3CCCCC3)CCN(Cc3ccccc3)C4)cc2)C1. The van der Waals surface area contributed by atoms with Crippen molar-refractivity contribution < 1.29 is 18.0 Å². The number of carbonyl (C=O) groups excluding carboxylic acids is 2. The van der Waals surface area contributed by atoms with Gasteiger partial charge in [0.25, 0.3) is 11.8 Å². The van der Waals surface area contributed by atoms with Crippen molar-refractivity contribution in [3.63, 3.8) is 0 Å². The minimum absolute atomic E-state index is 0.00112. The zero-order chi connectivity index (χ0) is 30.0. The Morgan fingerprint density at radius 1 is 0.930 bits per heavy atom. The molecule has 2 fully saturated rings. The second kappa shape index (κ2) is 12.9. The number of benzene rings is 2. The number of hydrogen-bond acceptors (Lipinski definition) is 6. The lowest BCUT2D eigenvalue weighted by Crippen LogP contribution is -2.39. The number of carbonyl (C=O) groups is 2. The first kappa shape index (κ1) is 30.0. The molecule has 0 saturated carbocycles. The van der Waals surface area contributed by atoms with Gasteiger partial charge in [-0.05, 0) is 79.8 Å². The maximum Gasteiger partial charge on any atom is 0.257 e. The lowest BCUT2D eigenvalue weighted by Gasteiger charge is -2.30. The van der Waals surface area contributed by atoms with Crippen molar-refractivity contribution in [2.24, 2.45) is 5.92 Å². The Morgan fingerprint density at radius 3 is 2.40 bits per heavy atom. The first-order chi connectivity index (χ1) is 20.8. The Kier molecular flexibility index (Phi) is 9.00. The maximum atomic E-state index is 13.9. The number of nitrogens with zero attached hydrogens (tertiary/aromatic N) is 3. The van der Waals surface area contributed by atoms with E-state index in [1.165, 1.54) is 29.0 Å². The lowest BCUT2D eigenvalue weighted by molar-refractivity contribution is 0.0724. The van der Waals surface area contributed by atoms with E-state index in [-0.39, 0.29) is 16.7 Å². The summed E-state index contributed by atoms with van der Waals surface area (Å²) in [6.45, 7) is 7.00. The van der Waals surface area contributed by atoms with E-state index in [1.54, 1.807) is 16.4 Å². The smallest absolute Gasteiger partial charge is 0.257 e. The molecule has 0 aliphatic carbocycles. The summed E-state index contributed by atoms with van der Waals surface area (Å²) in [6, 6.07) is 16.5. The van der Waals surface area contributed by atoms with Gasteiger partial charge in [-0.2, -0.15) is 4.31 Å². The van der Waals surface area contributed by atoms with Gasteiger partial charge in [-0.25, -0.2) is 8.42 Å². The second-order valence-corrected chi connectivity index (χ2v) is 15.1. The second-order valence-electron chi connectivity index (χ2n) is 12.1. The fourth-order valence-corrected chi connectivity index (χ4v) is 9.35. The number of nitrogens with one attached hydrogen (secondary N) is 1. The number of piperidine rings is 2. The standard InChI is InChI=1S/C33H40N4O4S2/c1-24-9-8-19-37(21-24)43(40,41)27-14-12-26(13-15-27)31(38)34-32-30(33(39)36-17-6-3-7-18-36)28-16-20-35(23-29(28)42-32)22-25-10-4-2-5-11-25/h2,4-5,10-15,24H,3,6-9,16-23H2,1H3,(H,34,38). The summed E-state index contributed by atoms with van der Waals surface area (Å²) in [7, 11) is -3.61. The molecule has 0 radical (unpaired) electrons. The van der Waals surface area contributed by atoms with Crippen molar-refractivity contribution in [3.8, 4) is 0 Å². The fourth-order valence-electron chi connectivity index (χ4n) is 6.47. The maximum absolute atomic E-state index is 13.9. The van der Waals surface area contributed by atoms with Crippen molar-refractivity contribution in [2.45, 2.75) is 63.4 Å². The molecular weight excluding hydrogens is 581 g/mol. The number of sulfonamides is 1. The van der Waals surface area contributed by atoms with Crippen molar-refractivity contribution in [1.29, 1.82) is 0 Å². The number of rotatable bonds is 7. The molecule has 1 unspecified atom stereocenters. The van der Waals surface area contributed by atoms with E-state index in [0.717, 1.165) is 81.7 Å². The molecule has 3 aliphatic heterocycles. The quantitative estimate of drug-likeness (QED) is 0.371. The molecule has 3 aromatic rings. The van der Waals surface area contributed by atoms with E-state index < -0.39 is 10.0 Å². The van der Waals surface area contributed by atoms with Gasteiger partial charge >= 0.3 is 0 Å². The Labute approximate surface area is 258 Å². The summed E-state index contributed by atoms with van der Waals surface area (Å²) >= 11 is 1.49. The summed E-state index contributed by atoms with van der Waals surface area (Å²) in [4.78, 5) is 33.0. The Morgan fingerprint density at radius 2 is 1.67 bits per heavy atom. The number of amides is 2. The van der Waals surface area contributed by atoms with Gasteiger partial charge in [0.2, 0.25) is 10.0 Å².